The van der Waals surface area contributed by atoms with Gasteiger partial charge < -0.3 is 19.5 Å². The normalized spacial score (nSPS) is 20.6. The molecule has 5 nitrogen and oxygen atoms in total. The summed E-state index contributed by atoms with van der Waals surface area (Å²) >= 11 is 0. The van der Waals surface area contributed by atoms with E-state index in [1.54, 1.807) is 0 Å². The molecule has 0 aromatic heterocycles. The highest BCUT2D eigenvalue weighted by atomic mass is 16.5. The summed E-state index contributed by atoms with van der Waals surface area (Å²) in [5.74, 6) is -0.0454. The van der Waals surface area contributed by atoms with Gasteiger partial charge in [0.1, 0.15) is 6.10 Å². The van der Waals surface area contributed by atoms with Gasteiger partial charge in [0, 0.05) is 0 Å². The standard InChI is InChI=1S/C27H29NO4/c29-26-16-25(31-18-22-12-6-2-7-13-22)27(32-19-23-14-8-3-9-15-23)24(28-26)20-30-17-21-10-4-1-5-11-21/h1-15,24-25,27H,16-20H2,(H,28,29)/t24-,25+,27-/m0/s1. The third-order valence-electron chi connectivity index (χ3n) is 5.50. The van der Waals surface area contributed by atoms with Crippen LogP contribution in [0.5, 0.6) is 0 Å². The minimum Gasteiger partial charge on any atom is -0.375 e. The Hall–Kier alpha value is -2.99. The summed E-state index contributed by atoms with van der Waals surface area (Å²) in [5, 5.41) is 3.05. The molecule has 3 aromatic rings. The summed E-state index contributed by atoms with van der Waals surface area (Å²) in [6, 6.07) is 29.7. The van der Waals surface area contributed by atoms with Crippen molar-refractivity contribution in [1.82, 2.24) is 5.32 Å². The van der Waals surface area contributed by atoms with Crippen LogP contribution in [0.1, 0.15) is 23.1 Å². The van der Waals surface area contributed by atoms with E-state index >= 15 is 0 Å². The van der Waals surface area contributed by atoms with Crippen molar-refractivity contribution in [1.29, 1.82) is 0 Å². The van der Waals surface area contributed by atoms with Crippen molar-refractivity contribution in [2.75, 3.05) is 6.61 Å². The maximum Gasteiger partial charge on any atom is 0.223 e. The molecule has 1 amide bonds. The average molecular weight is 432 g/mol. The molecule has 0 radical (unpaired) electrons. The molecular weight excluding hydrogens is 402 g/mol. The molecule has 1 aliphatic rings. The molecule has 1 N–H and O–H groups in total. The van der Waals surface area contributed by atoms with E-state index in [-0.39, 0.29) is 30.6 Å². The lowest BCUT2D eigenvalue weighted by molar-refractivity contribution is -0.152. The number of carbonyl (C=O) groups excluding carboxylic acids is 1. The fourth-order valence-corrected chi connectivity index (χ4v) is 3.84. The fourth-order valence-electron chi connectivity index (χ4n) is 3.84. The van der Waals surface area contributed by atoms with Crippen LogP contribution in [0.4, 0.5) is 0 Å². The van der Waals surface area contributed by atoms with Crippen LogP contribution < -0.4 is 5.32 Å². The fraction of sp³-hybridized carbons (Fsp3) is 0.296. The largest absolute Gasteiger partial charge is 0.375 e. The SMILES string of the molecule is O=C1C[C@@H](OCc2ccccc2)[C@@H](OCc2ccccc2)[C@H](COCc2ccccc2)N1. The zero-order valence-corrected chi connectivity index (χ0v) is 18.1. The average Bonchev–Trinajstić information content (AvgIpc) is 2.84. The molecule has 1 fully saturated rings. The van der Waals surface area contributed by atoms with Gasteiger partial charge >= 0.3 is 0 Å². The molecular formula is C27H29NO4. The third-order valence-corrected chi connectivity index (χ3v) is 5.50. The molecule has 0 bridgehead atoms. The molecule has 0 unspecified atom stereocenters. The van der Waals surface area contributed by atoms with Crippen LogP contribution in [-0.4, -0.2) is 30.8 Å². The summed E-state index contributed by atoms with van der Waals surface area (Å²) in [4.78, 5) is 12.4. The Morgan fingerprint density at radius 1 is 0.688 bits per heavy atom. The van der Waals surface area contributed by atoms with Gasteiger partial charge in [0.05, 0.1) is 45.0 Å². The zero-order valence-electron chi connectivity index (χ0n) is 18.1. The number of nitrogens with one attached hydrogen (secondary N) is 1. The highest BCUT2D eigenvalue weighted by Gasteiger charge is 2.38. The van der Waals surface area contributed by atoms with Gasteiger partial charge in [0.25, 0.3) is 0 Å². The van der Waals surface area contributed by atoms with E-state index in [2.05, 4.69) is 5.32 Å². The second-order valence-corrected chi connectivity index (χ2v) is 7.98. The highest BCUT2D eigenvalue weighted by Crippen LogP contribution is 2.22. The molecule has 0 spiro atoms. The quantitative estimate of drug-likeness (QED) is 0.521. The van der Waals surface area contributed by atoms with Crippen LogP contribution in [0, 0.1) is 0 Å². The molecule has 5 heteroatoms. The first-order valence-electron chi connectivity index (χ1n) is 11.0. The van der Waals surface area contributed by atoms with E-state index in [9.17, 15) is 4.79 Å². The van der Waals surface area contributed by atoms with Crippen molar-refractivity contribution in [2.24, 2.45) is 0 Å². The number of hydrogen-bond acceptors (Lipinski definition) is 4. The van der Waals surface area contributed by atoms with Crippen LogP contribution in [0.25, 0.3) is 0 Å². The van der Waals surface area contributed by atoms with E-state index in [1.807, 2.05) is 91.0 Å². The number of amides is 1. The monoisotopic (exact) mass is 431 g/mol. The summed E-state index contributed by atoms with van der Waals surface area (Å²) in [6.07, 6.45) is -0.396. The third kappa shape index (κ3) is 6.50. The number of carbonyl (C=O) groups is 1. The van der Waals surface area contributed by atoms with Crippen LogP contribution in [-0.2, 0) is 38.8 Å². The summed E-state index contributed by atoms with van der Waals surface area (Å²) < 4.78 is 18.5. The smallest absolute Gasteiger partial charge is 0.223 e. The molecule has 166 valence electrons. The van der Waals surface area contributed by atoms with E-state index < -0.39 is 0 Å². The minimum absolute atomic E-state index is 0.0454. The van der Waals surface area contributed by atoms with E-state index in [0.717, 1.165) is 16.7 Å². The van der Waals surface area contributed by atoms with Gasteiger partial charge in [0.2, 0.25) is 5.91 Å². The Bertz CT molecular complexity index is 949. The summed E-state index contributed by atoms with van der Waals surface area (Å²) in [7, 11) is 0. The molecule has 0 saturated carbocycles. The molecule has 1 saturated heterocycles. The van der Waals surface area contributed by atoms with Crippen molar-refractivity contribution in [3.63, 3.8) is 0 Å². The molecule has 0 aliphatic carbocycles. The van der Waals surface area contributed by atoms with Gasteiger partial charge in [-0.1, -0.05) is 91.0 Å². The number of ether oxygens (including phenoxy) is 3. The van der Waals surface area contributed by atoms with Crippen molar-refractivity contribution in [3.8, 4) is 0 Å². The van der Waals surface area contributed by atoms with E-state index in [1.165, 1.54) is 0 Å². The lowest BCUT2D eigenvalue weighted by Gasteiger charge is -2.38. The van der Waals surface area contributed by atoms with Crippen LogP contribution in [0.3, 0.4) is 0 Å². The van der Waals surface area contributed by atoms with Crippen molar-refractivity contribution in [3.05, 3.63) is 108 Å². The highest BCUT2D eigenvalue weighted by molar-refractivity contribution is 5.78. The minimum atomic E-state index is -0.349. The zero-order chi connectivity index (χ0) is 22.0. The Kier molecular flexibility index (Phi) is 8.04. The van der Waals surface area contributed by atoms with E-state index in [4.69, 9.17) is 14.2 Å². The second kappa shape index (κ2) is 11.6. The first kappa shape index (κ1) is 22.2. The number of piperidine rings is 1. The van der Waals surface area contributed by atoms with Crippen molar-refractivity contribution in [2.45, 2.75) is 44.5 Å². The molecule has 32 heavy (non-hydrogen) atoms. The number of hydrogen-bond donors (Lipinski definition) is 1. The predicted octanol–water partition coefficient (Wildman–Crippen LogP) is 4.26. The Morgan fingerprint density at radius 2 is 1.19 bits per heavy atom. The second-order valence-electron chi connectivity index (χ2n) is 7.98. The molecule has 1 heterocycles. The Balaban J connectivity index is 1.42. The van der Waals surface area contributed by atoms with E-state index in [0.29, 0.717) is 26.4 Å². The predicted molar refractivity (Wildman–Crippen MR) is 123 cm³/mol. The maximum absolute atomic E-state index is 12.4. The lowest BCUT2D eigenvalue weighted by Crippen LogP contribution is -2.58. The maximum atomic E-state index is 12.4. The first-order valence-corrected chi connectivity index (χ1v) is 11.0. The van der Waals surface area contributed by atoms with Crippen molar-refractivity contribution >= 4 is 5.91 Å². The first-order chi connectivity index (χ1) is 15.8. The van der Waals surface area contributed by atoms with Gasteiger partial charge in [-0.2, -0.15) is 0 Å². The lowest BCUT2D eigenvalue weighted by atomic mass is 9.97. The Labute approximate surface area is 189 Å². The number of rotatable bonds is 10. The van der Waals surface area contributed by atoms with Crippen LogP contribution in [0.2, 0.25) is 0 Å². The van der Waals surface area contributed by atoms with Gasteiger partial charge in [-0.3, -0.25) is 4.79 Å². The van der Waals surface area contributed by atoms with Crippen LogP contribution >= 0.6 is 0 Å². The van der Waals surface area contributed by atoms with Crippen molar-refractivity contribution < 1.29 is 19.0 Å². The van der Waals surface area contributed by atoms with Gasteiger partial charge in [-0.25, -0.2) is 0 Å². The molecule has 3 atom stereocenters. The Morgan fingerprint density at radius 3 is 1.75 bits per heavy atom. The molecule has 1 aliphatic heterocycles. The molecule has 3 aromatic carbocycles. The number of benzene rings is 3. The summed E-state index contributed by atoms with van der Waals surface area (Å²) in [5.41, 5.74) is 3.24. The van der Waals surface area contributed by atoms with Gasteiger partial charge in [0.15, 0.2) is 0 Å². The van der Waals surface area contributed by atoms with Gasteiger partial charge in [-0.05, 0) is 16.7 Å². The van der Waals surface area contributed by atoms with Crippen LogP contribution in [0.15, 0.2) is 91.0 Å². The topological polar surface area (TPSA) is 56.8 Å². The van der Waals surface area contributed by atoms with Gasteiger partial charge in [-0.15, -0.1) is 0 Å². The molecule has 4 rings (SSSR count). The summed E-state index contributed by atoms with van der Waals surface area (Å²) in [6.45, 7) is 1.71.